The quantitative estimate of drug-likeness (QED) is 0.162. The van der Waals surface area contributed by atoms with Crippen molar-refractivity contribution >= 4 is 61.5 Å². The Morgan fingerprint density at radius 2 is 2.00 bits per heavy atom. The number of rotatable bonds is 7. The van der Waals surface area contributed by atoms with Gasteiger partial charge in [-0.1, -0.05) is 11.6 Å². The lowest BCUT2D eigenvalue weighted by molar-refractivity contribution is 0.166. The molecular formula is C15H14ClN5O5S2. The highest BCUT2D eigenvalue weighted by molar-refractivity contribution is 7.86. The molecule has 0 aliphatic rings. The lowest BCUT2D eigenvalue weighted by Crippen LogP contribution is -2.05. The van der Waals surface area contributed by atoms with Crippen molar-refractivity contribution in [3.63, 3.8) is 0 Å². The summed E-state index contributed by atoms with van der Waals surface area (Å²) in [6.45, 7) is 2.50. The van der Waals surface area contributed by atoms with Gasteiger partial charge in [0.2, 0.25) is 0 Å². The van der Waals surface area contributed by atoms with Gasteiger partial charge in [-0.3, -0.25) is 4.55 Å². The fourth-order valence-corrected chi connectivity index (χ4v) is 3.71. The van der Waals surface area contributed by atoms with Crippen LogP contribution in [0.3, 0.4) is 0 Å². The molecule has 0 saturated carbocycles. The summed E-state index contributed by atoms with van der Waals surface area (Å²) >= 11 is 6.80. The molecule has 10 nitrogen and oxygen atoms in total. The van der Waals surface area contributed by atoms with E-state index in [9.17, 15) is 18.1 Å². The van der Waals surface area contributed by atoms with Crippen LogP contribution in [0.4, 0.5) is 17.1 Å². The number of ether oxygens (including phenoxy) is 1. The highest BCUT2D eigenvalue weighted by Gasteiger charge is 2.19. The number of hydrogen-bond acceptors (Lipinski definition) is 10. The molecular weight excluding hydrogens is 430 g/mol. The first-order valence-electron chi connectivity index (χ1n) is 7.80. The van der Waals surface area contributed by atoms with Crippen LogP contribution in [-0.2, 0) is 14.9 Å². The number of phenols is 1. The Morgan fingerprint density at radius 1 is 1.25 bits per heavy atom. The van der Waals surface area contributed by atoms with Crippen molar-refractivity contribution in [3.8, 4) is 5.75 Å². The van der Waals surface area contributed by atoms with Crippen molar-refractivity contribution in [1.82, 2.24) is 8.75 Å². The second-order valence-electron chi connectivity index (χ2n) is 5.36. The monoisotopic (exact) mass is 443 g/mol. The van der Waals surface area contributed by atoms with Crippen LogP contribution in [0.1, 0.15) is 6.92 Å². The maximum atomic E-state index is 11.4. The topological polar surface area (TPSA) is 146 Å². The summed E-state index contributed by atoms with van der Waals surface area (Å²) in [5.41, 5.74) is 1.09. The van der Waals surface area contributed by atoms with Crippen LogP contribution in [0, 0.1) is 0 Å². The number of nitrogens with one attached hydrogen (secondary N) is 1. The Balaban J connectivity index is 1.95. The van der Waals surface area contributed by atoms with Gasteiger partial charge in [0.25, 0.3) is 10.1 Å². The minimum Gasteiger partial charge on any atom is -0.504 e. The van der Waals surface area contributed by atoms with Gasteiger partial charge in [-0.15, -0.1) is 5.11 Å². The van der Waals surface area contributed by atoms with Crippen molar-refractivity contribution < 1.29 is 22.8 Å². The van der Waals surface area contributed by atoms with E-state index in [1.807, 2.05) is 6.92 Å². The smallest absolute Gasteiger partial charge is 0.296 e. The fourth-order valence-electron chi connectivity index (χ4n) is 2.24. The van der Waals surface area contributed by atoms with E-state index >= 15 is 0 Å². The molecule has 0 fully saturated rings. The number of aromatic hydroxyl groups is 1. The molecule has 148 valence electrons. The maximum Gasteiger partial charge on any atom is 0.296 e. The third-order valence-corrected chi connectivity index (χ3v) is 5.23. The second-order valence-corrected chi connectivity index (χ2v) is 7.68. The number of hydrogen-bond donors (Lipinski definition) is 3. The number of nitrogens with zero attached hydrogens (tertiary/aromatic N) is 4. The summed E-state index contributed by atoms with van der Waals surface area (Å²) in [7, 11) is -4.44. The first kappa shape index (κ1) is 20.4. The summed E-state index contributed by atoms with van der Waals surface area (Å²) in [6.07, 6.45) is 0. The molecule has 0 radical (unpaired) electrons. The molecule has 3 aromatic rings. The van der Waals surface area contributed by atoms with Gasteiger partial charge in [-0.05, 0) is 31.2 Å². The van der Waals surface area contributed by atoms with Crippen LogP contribution in [-0.4, -0.2) is 40.2 Å². The third kappa shape index (κ3) is 4.36. The number of halogens is 1. The van der Waals surface area contributed by atoms with E-state index in [0.29, 0.717) is 18.0 Å². The van der Waals surface area contributed by atoms with E-state index < -0.39 is 10.1 Å². The molecule has 0 bridgehead atoms. The molecule has 28 heavy (non-hydrogen) atoms. The average molecular weight is 444 g/mol. The molecule has 2 aromatic carbocycles. The van der Waals surface area contributed by atoms with Crippen LogP contribution in [0.5, 0.6) is 5.75 Å². The number of aromatic nitrogens is 2. The van der Waals surface area contributed by atoms with Gasteiger partial charge >= 0.3 is 0 Å². The fraction of sp³-hybridized carbons (Fsp3) is 0.200. The molecule has 13 heteroatoms. The molecule has 1 heterocycles. The lowest BCUT2D eigenvalue weighted by Gasteiger charge is -2.10. The average Bonchev–Trinajstić information content (AvgIpc) is 3.12. The van der Waals surface area contributed by atoms with E-state index in [2.05, 4.69) is 24.3 Å². The predicted molar refractivity (Wildman–Crippen MR) is 105 cm³/mol. The van der Waals surface area contributed by atoms with Gasteiger partial charge in [-0.25, -0.2) is 0 Å². The van der Waals surface area contributed by atoms with Crippen molar-refractivity contribution in [2.75, 3.05) is 18.7 Å². The standard InChI is InChI=1S/C15H14ClN5O5S2/c1-2-26-7-17-11-6-8(5-9(16)15(11)22)18-19-10-3-4-12(28(23,24)25)14-13(10)20-27-21-14/h3-6,17,22H,2,7H2,1H3,(H,23,24,25)/b19-18+. The molecule has 0 unspecified atom stereocenters. The summed E-state index contributed by atoms with van der Waals surface area (Å²) < 4.78 is 45.2. The zero-order valence-corrected chi connectivity index (χ0v) is 16.7. The summed E-state index contributed by atoms with van der Waals surface area (Å²) in [6, 6.07) is 5.46. The zero-order valence-electron chi connectivity index (χ0n) is 14.3. The number of phenolic OH excluding ortho intramolecular Hbond substituents is 1. The molecule has 0 saturated heterocycles. The van der Waals surface area contributed by atoms with Gasteiger partial charge in [0.1, 0.15) is 28.3 Å². The number of benzene rings is 2. The van der Waals surface area contributed by atoms with Gasteiger partial charge < -0.3 is 15.2 Å². The van der Waals surface area contributed by atoms with Crippen LogP contribution in [0.25, 0.3) is 11.0 Å². The minimum absolute atomic E-state index is 0.00626. The first-order valence-corrected chi connectivity index (χ1v) is 10.3. The summed E-state index contributed by atoms with van der Waals surface area (Å²) in [5.74, 6) is -0.149. The van der Waals surface area contributed by atoms with Gasteiger partial charge in [-0.2, -0.15) is 22.3 Å². The SMILES string of the molecule is CCOCNc1cc(/N=N/c2ccc(S(=O)(=O)O)c3nsnc23)cc(Cl)c1O. The number of anilines is 1. The van der Waals surface area contributed by atoms with Crippen LogP contribution in [0.2, 0.25) is 5.02 Å². The predicted octanol–water partition coefficient (Wildman–Crippen LogP) is 4.12. The van der Waals surface area contributed by atoms with Crippen molar-refractivity contribution in [2.45, 2.75) is 11.8 Å². The summed E-state index contributed by atoms with van der Waals surface area (Å²) in [5, 5.41) is 21.1. The van der Waals surface area contributed by atoms with Gasteiger partial charge in [0.05, 0.1) is 28.1 Å². The molecule has 0 amide bonds. The summed E-state index contributed by atoms with van der Waals surface area (Å²) in [4.78, 5) is -0.356. The second kappa shape index (κ2) is 8.32. The molecule has 3 N–H and O–H groups in total. The molecule has 0 aliphatic heterocycles. The van der Waals surface area contributed by atoms with E-state index in [4.69, 9.17) is 16.3 Å². The zero-order chi connectivity index (χ0) is 20.3. The van der Waals surface area contributed by atoms with E-state index in [-0.39, 0.29) is 39.1 Å². The largest absolute Gasteiger partial charge is 0.504 e. The Kier molecular flexibility index (Phi) is 6.05. The van der Waals surface area contributed by atoms with Crippen molar-refractivity contribution in [3.05, 3.63) is 29.3 Å². The van der Waals surface area contributed by atoms with Crippen LogP contribution in [0.15, 0.2) is 39.4 Å². The number of fused-ring (bicyclic) bond motifs is 1. The van der Waals surface area contributed by atoms with E-state index in [1.165, 1.54) is 24.3 Å². The number of azo groups is 1. The van der Waals surface area contributed by atoms with Gasteiger partial charge in [0.15, 0.2) is 5.75 Å². The Bertz CT molecular complexity index is 1150. The first-order chi connectivity index (χ1) is 13.3. The molecule has 0 atom stereocenters. The Labute approximate surface area is 168 Å². The van der Waals surface area contributed by atoms with E-state index in [0.717, 1.165) is 11.7 Å². The molecule has 3 rings (SSSR count). The minimum atomic E-state index is -4.44. The third-order valence-electron chi connectivity index (χ3n) is 3.53. The van der Waals surface area contributed by atoms with Crippen LogP contribution >= 0.6 is 23.3 Å². The normalized spacial score (nSPS) is 12.1. The molecule has 0 aliphatic carbocycles. The molecule has 1 aromatic heterocycles. The van der Waals surface area contributed by atoms with Crippen LogP contribution < -0.4 is 5.32 Å². The lowest BCUT2D eigenvalue weighted by atomic mass is 10.2. The highest BCUT2D eigenvalue weighted by atomic mass is 35.5. The van der Waals surface area contributed by atoms with Crippen molar-refractivity contribution in [1.29, 1.82) is 0 Å². The Hall–Kier alpha value is -2.38. The molecule has 0 spiro atoms. The van der Waals surface area contributed by atoms with E-state index in [1.54, 1.807) is 0 Å². The maximum absolute atomic E-state index is 11.4. The van der Waals surface area contributed by atoms with Gasteiger partial charge in [0, 0.05) is 6.61 Å². The highest BCUT2D eigenvalue weighted by Crippen LogP contribution is 2.37. The Morgan fingerprint density at radius 3 is 2.71 bits per heavy atom. The van der Waals surface area contributed by atoms with Crippen molar-refractivity contribution in [2.24, 2.45) is 10.2 Å².